The van der Waals surface area contributed by atoms with Crippen LogP contribution >= 0.6 is 0 Å². The summed E-state index contributed by atoms with van der Waals surface area (Å²) in [4.78, 5) is 24.3. The van der Waals surface area contributed by atoms with Gasteiger partial charge in [-0.2, -0.15) is 5.06 Å². The molecule has 0 aliphatic carbocycles. The van der Waals surface area contributed by atoms with Crippen LogP contribution in [0.1, 0.15) is 137 Å². The molecular formula is C34H60N2O5. The summed E-state index contributed by atoms with van der Waals surface area (Å²) in [6, 6.07) is 7.09. The van der Waals surface area contributed by atoms with Crippen LogP contribution < -0.4 is 4.74 Å². The Labute approximate surface area is 251 Å². The number of unbranched alkanes of at least 4 members (excludes halogenated alkanes) is 2. The lowest BCUT2D eigenvalue weighted by Crippen LogP contribution is -2.58. The van der Waals surface area contributed by atoms with Crippen LogP contribution in [-0.4, -0.2) is 64.7 Å². The number of rotatable bonds is 12. The van der Waals surface area contributed by atoms with E-state index in [1.807, 2.05) is 18.9 Å². The van der Waals surface area contributed by atoms with E-state index in [1.54, 1.807) is 24.3 Å². The van der Waals surface area contributed by atoms with Gasteiger partial charge in [0.25, 0.3) is 0 Å². The molecule has 0 bridgehead atoms. The number of piperidine rings is 2. The van der Waals surface area contributed by atoms with Crippen molar-refractivity contribution < 1.29 is 23.9 Å². The zero-order chi connectivity index (χ0) is 30.7. The summed E-state index contributed by atoms with van der Waals surface area (Å²) in [5.41, 5.74) is 0.562. The second-order valence-corrected chi connectivity index (χ2v) is 14.0. The van der Waals surface area contributed by atoms with E-state index >= 15 is 0 Å². The Morgan fingerprint density at radius 3 is 1.66 bits per heavy atom. The van der Waals surface area contributed by atoms with Gasteiger partial charge in [0.15, 0.2) is 0 Å². The molecule has 3 rings (SSSR count). The smallest absolute Gasteiger partial charge is 0.357 e. The highest BCUT2D eigenvalue weighted by molar-refractivity contribution is 5.89. The maximum Gasteiger partial charge on any atom is 0.357 e. The molecule has 0 unspecified atom stereocenters. The standard InChI is InChI=1S/C18H27NO3.C16H33NO2/c1-6-21-15-10-8-14(9-11-15)16(20)22-19-17(2,3)12-7-13-18(19,4)5;1-6-18-13-8-7-9-14-19-17-15(2,3)11-10-12-16(17,4)5/h8-11H,6-7,12-13H2,1-5H3;6-14H2,1-5H3. The Kier molecular flexibility index (Phi) is 13.6. The summed E-state index contributed by atoms with van der Waals surface area (Å²) in [5, 5.41) is 4.13. The third-order valence-corrected chi connectivity index (χ3v) is 8.29. The molecule has 0 N–H and O–H groups in total. The Morgan fingerprint density at radius 2 is 1.17 bits per heavy atom. The minimum atomic E-state index is -0.314. The summed E-state index contributed by atoms with van der Waals surface area (Å²) in [6.07, 6.45) is 10.4. The average molecular weight is 577 g/mol. The van der Waals surface area contributed by atoms with E-state index in [2.05, 4.69) is 60.5 Å². The van der Waals surface area contributed by atoms with Crippen LogP contribution in [0.4, 0.5) is 0 Å². The van der Waals surface area contributed by atoms with Gasteiger partial charge in [0.2, 0.25) is 0 Å². The fraction of sp³-hybridized carbons (Fsp3) is 0.794. The first-order valence-corrected chi connectivity index (χ1v) is 15.9. The van der Waals surface area contributed by atoms with Crippen LogP contribution in [-0.2, 0) is 14.4 Å². The van der Waals surface area contributed by atoms with Gasteiger partial charge in [-0.15, -0.1) is 5.06 Å². The molecule has 1 aromatic rings. The van der Waals surface area contributed by atoms with Crippen molar-refractivity contribution in [2.45, 2.75) is 149 Å². The first-order chi connectivity index (χ1) is 19.2. The minimum absolute atomic E-state index is 0.150. The van der Waals surface area contributed by atoms with E-state index in [0.29, 0.717) is 12.2 Å². The molecule has 0 spiro atoms. The SMILES string of the molecule is CCOCCCCCON1C(C)(C)CCCC1(C)C.CCOc1ccc(C(=O)ON2C(C)(C)CCCC2(C)C)cc1. The van der Waals surface area contributed by atoms with Gasteiger partial charge in [0.05, 0.1) is 29.9 Å². The second kappa shape index (κ2) is 15.7. The van der Waals surface area contributed by atoms with Crippen LogP contribution in [0.5, 0.6) is 5.75 Å². The number of hydroxylamine groups is 4. The second-order valence-electron chi connectivity index (χ2n) is 14.0. The lowest BCUT2D eigenvalue weighted by molar-refractivity contribution is -0.281. The lowest BCUT2D eigenvalue weighted by atomic mass is 9.82. The van der Waals surface area contributed by atoms with Gasteiger partial charge < -0.3 is 14.3 Å². The number of nitrogens with zero attached hydrogens (tertiary/aromatic N) is 2. The molecule has 2 heterocycles. The Bertz CT molecular complexity index is 878. The molecular weight excluding hydrogens is 516 g/mol. The van der Waals surface area contributed by atoms with Gasteiger partial charge in [0, 0.05) is 24.3 Å². The minimum Gasteiger partial charge on any atom is -0.494 e. The Balaban J connectivity index is 0.000000290. The largest absolute Gasteiger partial charge is 0.494 e. The van der Waals surface area contributed by atoms with Crippen molar-refractivity contribution >= 4 is 5.97 Å². The highest BCUT2D eigenvalue weighted by atomic mass is 16.7. The van der Waals surface area contributed by atoms with Crippen LogP contribution in [0.15, 0.2) is 24.3 Å². The molecule has 7 nitrogen and oxygen atoms in total. The molecule has 2 aliphatic heterocycles. The number of hydrogen-bond donors (Lipinski definition) is 0. The predicted molar refractivity (Wildman–Crippen MR) is 167 cm³/mol. The van der Waals surface area contributed by atoms with E-state index in [-0.39, 0.29) is 28.1 Å². The van der Waals surface area contributed by atoms with Crippen molar-refractivity contribution in [3.63, 3.8) is 0 Å². The fourth-order valence-corrected chi connectivity index (χ4v) is 6.32. The van der Waals surface area contributed by atoms with Gasteiger partial charge in [-0.05, 0) is 151 Å². The van der Waals surface area contributed by atoms with Gasteiger partial charge in [-0.25, -0.2) is 4.79 Å². The van der Waals surface area contributed by atoms with Crippen LogP contribution in [0, 0.1) is 0 Å². The molecule has 41 heavy (non-hydrogen) atoms. The monoisotopic (exact) mass is 576 g/mol. The maximum absolute atomic E-state index is 12.5. The number of benzene rings is 1. The van der Waals surface area contributed by atoms with Gasteiger partial charge in [0.1, 0.15) is 5.75 Å². The van der Waals surface area contributed by atoms with E-state index in [1.165, 1.54) is 25.7 Å². The number of hydrogen-bond acceptors (Lipinski definition) is 7. The fourth-order valence-electron chi connectivity index (χ4n) is 6.32. The van der Waals surface area contributed by atoms with Crippen molar-refractivity contribution in [2.75, 3.05) is 26.4 Å². The Hall–Kier alpha value is -1.67. The van der Waals surface area contributed by atoms with Crippen molar-refractivity contribution in [1.29, 1.82) is 0 Å². The highest BCUT2D eigenvalue weighted by Crippen LogP contribution is 2.39. The summed E-state index contributed by atoms with van der Waals surface area (Å²) >= 11 is 0. The maximum atomic E-state index is 12.5. The summed E-state index contributed by atoms with van der Waals surface area (Å²) in [5.74, 6) is 0.448. The molecule has 1 aromatic carbocycles. The molecule has 0 aromatic heterocycles. The van der Waals surface area contributed by atoms with E-state index in [9.17, 15) is 4.79 Å². The Morgan fingerprint density at radius 1 is 0.683 bits per heavy atom. The zero-order valence-electron chi connectivity index (χ0n) is 27.9. The number of carbonyl (C=O) groups is 1. The van der Waals surface area contributed by atoms with Crippen LogP contribution in [0.25, 0.3) is 0 Å². The average Bonchev–Trinajstić information content (AvgIpc) is 2.87. The normalized spacial score (nSPS) is 21.4. The molecule has 0 radical (unpaired) electrons. The van der Waals surface area contributed by atoms with Crippen molar-refractivity contribution in [1.82, 2.24) is 10.1 Å². The first kappa shape index (κ1) is 35.5. The summed E-state index contributed by atoms with van der Waals surface area (Å²) < 4.78 is 10.7. The predicted octanol–water partition coefficient (Wildman–Crippen LogP) is 8.37. The van der Waals surface area contributed by atoms with E-state index in [0.717, 1.165) is 57.7 Å². The molecule has 0 atom stereocenters. The number of ether oxygens (including phenoxy) is 2. The third kappa shape index (κ3) is 10.8. The lowest BCUT2D eigenvalue weighted by Gasteiger charge is -2.51. The molecule has 2 fully saturated rings. The van der Waals surface area contributed by atoms with Crippen LogP contribution in [0.2, 0.25) is 0 Å². The van der Waals surface area contributed by atoms with E-state index < -0.39 is 0 Å². The van der Waals surface area contributed by atoms with E-state index in [4.69, 9.17) is 19.1 Å². The van der Waals surface area contributed by atoms with Crippen molar-refractivity contribution in [2.24, 2.45) is 0 Å². The molecule has 2 aliphatic rings. The first-order valence-electron chi connectivity index (χ1n) is 15.9. The van der Waals surface area contributed by atoms with Crippen molar-refractivity contribution in [3.8, 4) is 5.75 Å². The summed E-state index contributed by atoms with van der Waals surface area (Å²) in [7, 11) is 0. The molecule has 0 saturated carbocycles. The zero-order valence-corrected chi connectivity index (χ0v) is 27.9. The highest BCUT2D eigenvalue weighted by Gasteiger charge is 2.44. The number of carbonyl (C=O) groups excluding carboxylic acids is 1. The van der Waals surface area contributed by atoms with Gasteiger partial charge >= 0.3 is 5.97 Å². The van der Waals surface area contributed by atoms with Gasteiger partial charge in [-0.1, -0.05) is 0 Å². The summed E-state index contributed by atoms with van der Waals surface area (Å²) in [6.45, 7) is 24.8. The van der Waals surface area contributed by atoms with Crippen LogP contribution in [0.3, 0.4) is 0 Å². The quantitative estimate of drug-likeness (QED) is 0.232. The molecule has 236 valence electrons. The topological polar surface area (TPSA) is 60.5 Å². The van der Waals surface area contributed by atoms with Crippen molar-refractivity contribution in [3.05, 3.63) is 29.8 Å². The third-order valence-electron chi connectivity index (χ3n) is 8.29. The molecule has 2 saturated heterocycles. The molecule has 0 amide bonds. The molecule has 7 heteroatoms. The van der Waals surface area contributed by atoms with Gasteiger partial charge in [-0.3, -0.25) is 4.84 Å².